The van der Waals surface area contributed by atoms with Gasteiger partial charge in [0.1, 0.15) is 0 Å². The highest BCUT2D eigenvalue weighted by Crippen LogP contribution is 2.35. The second-order valence-electron chi connectivity index (χ2n) is 6.39. The molecule has 2 atom stereocenters. The summed E-state index contributed by atoms with van der Waals surface area (Å²) in [6.45, 7) is 6.57. The summed E-state index contributed by atoms with van der Waals surface area (Å²) < 4.78 is 32.7. The Morgan fingerprint density at radius 2 is 1.79 bits per heavy atom. The van der Waals surface area contributed by atoms with E-state index < -0.39 is 5.92 Å². The molecule has 0 bridgehead atoms. The second-order valence-corrected chi connectivity index (χ2v) is 6.39. The van der Waals surface area contributed by atoms with Crippen molar-refractivity contribution in [2.45, 2.75) is 83.0 Å². The van der Waals surface area contributed by atoms with E-state index in [-0.39, 0.29) is 25.0 Å². The molecule has 1 saturated carbocycles. The van der Waals surface area contributed by atoms with Gasteiger partial charge in [-0.2, -0.15) is 0 Å². The van der Waals surface area contributed by atoms with Crippen LogP contribution in [0.1, 0.15) is 58.8 Å². The highest BCUT2D eigenvalue weighted by atomic mass is 19.3. The van der Waals surface area contributed by atoms with Crippen LogP contribution in [0.3, 0.4) is 0 Å². The molecule has 2 nitrogen and oxygen atoms in total. The average molecular weight is 275 g/mol. The smallest absolute Gasteiger partial charge is 0.250 e. The number of hydrogen-bond donors (Lipinski definition) is 0. The summed E-state index contributed by atoms with van der Waals surface area (Å²) in [7, 11) is 0. The van der Waals surface area contributed by atoms with Crippen LogP contribution in [0.25, 0.3) is 0 Å². The number of likely N-dealkylation sites (tertiary alicyclic amines) is 1. The summed E-state index contributed by atoms with van der Waals surface area (Å²) in [5.41, 5.74) is 0. The molecule has 0 N–H and O–H groups in total. The van der Waals surface area contributed by atoms with Gasteiger partial charge in [-0.25, -0.2) is 8.78 Å². The molecule has 0 aromatic rings. The first-order valence-corrected chi connectivity index (χ1v) is 7.73. The molecule has 0 radical (unpaired) electrons. The van der Waals surface area contributed by atoms with E-state index in [1.165, 1.54) is 0 Å². The third-order valence-electron chi connectivity index (χ3n) is 4.42. The van der Waals surface area contributed by atoms with Crippen molar-refractivity contribution in [1.29, 1.82) is 0 Å². The number of halogens is 2. The normalized spacial score (nSPS) is 33.3. The average Bonchev–Trinajstić information content (AvgIpc) is 2.53. The van der Waals surface area contributed by atoms with E-state index in [1.807, 2.05) is 0 Å². The van der Waals surface area contributed by atoms with E-state index in [0.717, 1.165) is 38.8 Å². The van der Waals surface area contributed by atoms with Crippen LogP contribution >= 0.6 is 0 Å². The van der Waals surface area contributed by atoms with Crippen molar-refractivity contribution in [3.63, 3.8) is 0 Å². The molecule has 0 amide bonds. The third kappa shape index (κ3) is 4.67. The SMILES string of the molecule is CC(C)N1CCCC(OC2CCCC(F)(F)C2)CC1. The van der Waals surface area contributed by atoms with Crippen LogP contribution in [0.5, 0.6) is 0 Å². The van der Waals surface area contributed by atoms with Gasteiger partial charge in [0.15, 0.2) is 0 Å². The molecule has 19 heavy (non-hydrogen) atoms. The maximum atomic E-state index is 13.4. The molecule has 2 unspecified atom stereocenters. The summed E-state index contributed by atoms with van der Waals surface area (Å²) >= 11 is 0. The monoisotopic (exact) mass is 275 g/mol. The number of alkyl halides is 2. The lowest BCUT2D eigenvalue weighted by atomic mass is 9.94. The molecule has 2 aliphatic rings. The van der Waals surface area contributed by atoms with E-state index in [9.17, 15) is 8.78 Å². The zero-order valence-electron chi connectivity index (χ0n) is 12.2. The first-order valence-electron chi connectivity index (χ1n) is 7.73. The van der Waals surface area contributed by atoms with Crippen LogP contribution in [0, 0.1) is 0 Å². The zero-order chi connectivity index (χ0) is 13.9. The van der Waals surface area contributed by atoms with Gasteiger partial charge in [0, 0.05) is 25.4 Å². The molecule has 2 fully saturated rings. The molecular weight excluding hydrogens is 248 g/mol. The molecule has 0 aromatic heterocycles. The van der Waals surface area contributed by atoms with Crippen molar-refractivity contribution in [1.82, 2.24) is 4.90 Å². The van der Waals surface area contributed by atoms with Crippen molar-refractivity contribution in [2.75, 3.05) is 13.1 Å². The van der Waals surface area contributed by atoms with Crippen molar-refractivity contribution < 1.29 is 13.5 Å². The van der Waals surface area contributed by atoms with Crippen LogP contribution in [0.4, 0.5) is 8.78 Å². The van der Waals surface area contributed by atoms with E-state index in [0.29, 0.717) is 12.5 Å². The van der Waals surface area contributed by atoms with Gasteiger partial charge in [-0.3, -0.25) is 0 Å². The highest BCUT2D eigenvalue weighted by Gasteiger charge is 2.37. The fourth-order valence-corrected chi connectivity index (χ4v) is 3.25. The van der Waals surface area contributed by atoms with E-state index >= 15 is 0 Å². The lowest BCUT2D eigenvalue weighted by molar-refractivity contribution is -0.117. The molecule has 1 aliphatic heterocycles. The molecule has 4 heteroatoms. The summed E-state index contributed by atoms with van der Waals surface area (Å²) in [4.78, 5) is 2.46. The maximum absolute atomic E-state index is 13.4. The molecule has 0 spiro atoms. The van der Waals surface area contributed by atoms with Gasteiger partial charge in [0.2, 0.25) is 0 Å². The quantitative estimate of drug-likeness (QED) is 0.776. The Kier molecular flexibility index (Phi) is 5.18. The fraction of sp³-hybridized carbons (Fsp3) is 1.00. The Morgan fingerprint density at radius 3 is 2.47 bits per heavy atom. The van der Waals surface area contributed by atoms with Crippen molar-refractivity contribution >= 4 is 0 Å². The Labute approximate surface area is 115 Å². The number of rotatable bonds is 3. The van der Waals surface area contributed by atoms with Crippen molar-refractivity contribution in [2.24, 2.45) is 0 Å². The minimum Gasteiger partial charge on any atom is -0.375 e. The molecule has 2 rings (SSSR count). The first kappa shape index (κ1) is 15.2. The second kappa shape index (κ2) is 6.49. The van der Waals surface area contributed by atoms with Crippen molar-refractivity contribution in [3.8, 4) is 0 Å². The van der Waals surface area contributed by atoms with Crippen LogP contribution in [-0.2, 0) is 4.74 Å². The van der Waals surface area contributed by atoms with E-state index in [1.54, 1.807) is 0 Å². The molecule has 112 valence electrons. The van der Waals surface area contributed by atoms with Gasteiger partial charge in [-0.15, -0.1) is 0 Å². The predicted octanol–water partition coefficient (Wildman–Crippen LogP) is 3.84. The van der Waals surface area contributed by atoms with E-state index in [2.05, 4.69) is 18.7 Å². The molecular formula is C15H27F2NO. The standard InChI is InChI=1S/C15H27F2NO/c1-12(2)18-9-4-6-13(7-10-18)19-14-5-3-8-15(16,17)11-14/h12-14H,3-11H2,1-2H3. The summed E-state index contributed by atoms with van der Waals surface area (Å²) in [5, 5.41) is 0. The predicted molar refractivity (Wildman–Crippen MR) is 72.6 cm³/mol. The molecule has 1 aliphatic carbocycles. The van der Waals surface area contributed by atoms with Gasteiger partial charge in [-0.05, 0) is 52.5 Å². The lowest BCUT2D eigenvalue weighted by Gasteiger charge is -2.31. The zero-order valence-corrected chi connectivity index (χ0v) is 12.2. The fourth-order valence-electron chi connectivity index (χ4n) is 3.25. The van der Waals surface area contributed by atoms with Gasteiger partial charge in [-0.1, -0.05) is 0 Å². The summed E-state index contributed by atoms with van der Waals surface area (Å²) in [5.74, 6) is -2.50. The minimum atomic E-state index is -2.50. The molecule has 1 heterocycles. The molecule has 0 aromatic carbocycles. The van der Waals surface area contributed by atoms with Gasteiger partial charge < -0.3 is 9.64 Å². The third-order valence-corrected chi connectivity index (χ3v) is 4.42. The Balaban J connectivity index is 1.79. The lowest BCUT2D eigenvalue weighted by Crippen LogP contribution is -2.35. The van der Waals surface area contributed by atoms with Gasteiger partial charge in [0.25, 0.3) is 5.92 Å². The number of ether oxygens (including phenoxy) is 1. The molecule has 1 saturated heterocycles. The summed E-state index contributed by atoms with van der Waals surface area (Å²) in [6, 6.07) is 0.567. The topological polar surface area (TPSA) is 12.5 Å². The van der Waals surface area contributed by atoms with Gasteiger partial charge in [0.05, 0.1) is 12.2 Å². The Hall–Kier alpha value is -0.220. The van der Waals surface area contributed by atoms with Gasteiger partial charge >= 0.3 is 0 Å². The van der Waals surface area contributed by atoms with E-state index in [4.69, 9.17) is 4.74 Å². The minimum absolute atomic E-state index is 0.0403. The van der Waals surface area contributed by atoms with Crippen molar-refractivity contribution in [3.05, 3.63) is 0 Å². The maximum Gasteiger partial charge on any atom is 0.250 e. The number of hydrogen-bond acceptors (Lipinski definition) is 2. The Morgan fingerprint density at radius 1 is 1.05 bits per heavy atom. The largest absolute Gasteiger partial charge is 0.375 e. The van der Waals surface area contributed by atoms with Crippen LogP contribution in [0.2, 0.25) is 0 Å². The highest BCUT2D eigenvalue weighted by molar-refractivity contribution is 4.81. The Bertz CT molecular complexity index is 283. The number of nitrogens with zero attached hydrogens (tertiary/aromatic N) is 1. The van der Waals surface area contributed by atoms with Crippen LogP contribution in [0.15, 0.2) is 0 Å². The first-order chi connectivity index (χ1) is 8.96. The van der Waals surface area contributed by atoms with Crippen LogP contribution < -0.4 is 0 Å². The summed E-state index contributed by atoms with van der Waals surface area (Å²) in [6.07, 6.45) is 4.46. The van der Waals surface area contributed by atoms with Crippen LogP contribution in [-0.4, -0.2) is 42.2 Å².